The van der Waals surface area contributed by atoms with Crippen LogP contribution in [-0.2, 0) is 13.6 Å². The number of thiazole rings is 1. The predicted octanol–water partition coefficient (Wildman–Crippen LogP) is 3.29. The molecule has 1 aliphatic heterocycles. The zero-order valence-corrected chi connectivity index (χ0v) is 16.1. The number of aromatic nitrogens is 2. The van der Waals surface area contributed by atoms with Gasteiger partial charge in [0.25, 0.3) is 5.91 Å². The van der Waals surface area contributed by atoms with Crippen molar-refractivity contribution in [3.8, 4) is 0 Å². The monoisotopic (exact) mass is 368 g/mol. The third kappa shape index (κ3) is 3.39. The minimum absolute atomic E-state index is 0.146. The van der Waals surface area contributed by atoms with Gasteiger partial charge in [0.05, 0.1) is 16.3 Å². The molecule has 2 aromatic heterocycles. The molecule has 0 atom stereocenters. The summed E-state index contributed by atoms with van der Waals surface area (Å²) >= 11 is 1.70. The molecular weight excluding hydrogens is 344 g/mol. The van der Waals surface area contributed by atoms with E-state index < -0.39 is 0 Å². The van der Waals surface area contributed by atoms with Crippen LogP contribution in [0.1, 0.15) is 27.5 Å². The first-order chi connectivity index (χ1) is 12.6. The van der Waals surface area contributed by atoms with Crippen molar-refractivity contribution in [1.82, 2.24) is 19.4 Å². The van der Waals surface area contributed by atoms with Crippen LogP contribution in [0.15, 0.2) is 35.8 Å². The fraction of sp³-hybridized carbons (Fsp3) is 0.400. The van der Waals surface area contributed by atoms with Gasteiger partial charge in [-0.05, 0) is 19.4 Å². The topological polar surface area (TPSA) is 41.4 Å². The Labute approximate surface area is 157 Å². The maximum atomic E-state index is 13.1. The second-order valence-electron chi connectivity index (χ2n) is 6.95. The summed E-state index contributed by atoms with van der Waals surface area (Å²) in [6, 6.07) is 8.11. The molecule has 1 fully saturated rings. The average molecular weight is 369 g/mol. The van der Waals surface area contributed by atoms with Crippen LogP contribution in [0.25, 0.3) is 10.9 Å². The Morgan fingerprint density at radius 2 is 2.04 bits per heavy atom. The molecule has 1 saturated heterocycles. The van der Waals surface area contributed by atoms with Crippen molar-refractivity contribution in [3.05, 3.63) is 52.1 Å². The number of para-hydroxylation sites is 1. The summed E-state index contributed by atoms with van der Waals surface area (Å²) in [5, 5.41) is 4.29. The van der Waals surface area contributed by atoms with E-state index in [1.165, 1.54) is 0 Å². The fourth-order valence-electron chi connectivity index (χ4n) is 3.72. The van der Waals surface area contributed by atoms with Crippen molar-refractivity contribution in [3.63, 3.8) is 0 Å². The van der Waals surface area contributed by atoms with Crippen LogP contribution in [0.5, 0.6) is 0 Å². The molecule has 3 heterocycles. The molecule has 5 nitrogen and oxygen atoms in total. The zero-order chi connectivity index (χ0) is 18.1. The molecule has 136 valence electrons. The Kier molecular flexibility index (Phi) is 4.78. The normalized spacial score (nSPS) is 16.2. The number of hydrogen-bond acceptors (Lipinski definition) is 4. The molecule has 3 aromatic rings. The van der Waals surface area contributed by atoms with Crippen LogP contribution in [0.2, 0.25) is 0 Å². The lowest BCUT2D eigenvalue weighted by molar-refractivity contribution is 0.0763. The van der Waals surface area contributed by atoms with E-state index in [0.29, 0.717) is 0 Å². The molecule has 1 aliphatic rings. The molecule has 0 bridgehead atoms. The molecule has 4 rings (SSSR count). The first-order valence-electron chi connectivity index (χ1n) is 9.08. The van der Waals surface area contributed by atoms with Gasteiger partial charge in [0.1, 0.15) is 0 Å². The molecular formula is C20H24N4OS. The Hall–Kier alpha value is -2.18. The predicted molar refractivity (Wildman–Crippen MR) is 106 cm³/mol. The Morgan fingerprint density at radius 1 is 1.19 bits per heavy atom. The van der Waals surface area contributed by atoms with E-state index in [2.05, 4.69) is 21.3 Å². The highest BCUT2D eigenvalue weighted by Crippen LogP contribution is 2.22. The minimum Gasteiger partial charge on any atom is -0.350 e. The van der Waals surface area contributed by atoms with Gasteiger partial charge in [-0.2, -0.15) is 0 Å². The molecule has 0 unspecified atom stereocenters. The van der Waals surface area contributed by atoms with E-state index in [-0.39, 0.29) is 5.91 Å². The van der Waals surface area contributed by atoms with E-state index in [1.54, 1.807) is 11.3 Å². The third-order valence-corrected chi connectivity index (χ3v) is 5.88. The lowest BCUT2D eigenvalue weighted by Crippen LogP contribution is -2.35. The molecule has 1 aromatic carbocycles. The summed E-state index contributed by atoms with van der Waals surface area (Å²) in [7, 11) is 2.00. The number of carbonyl (C=O) groups excluding carboxylic acids is 1. The van der Waals surface area contributed by atoms with Crippen LogP contribution in [0.3, 0.4) is 0 Å². The number of rotatable bonds is 3. The highest BCUT2D eigenvalue weighted by atomic mass is 32.1. The van der Waals surface area contributed by atoms with Crippen LogP contribution in [0, 0.1) is 6.92 Å². The van der Waals surface area contributed by atoms with Crippen molar-refractivity contribution in [2.24, 2.45) is 7.05 Å². The van der Waals surface area contributed by atoms with Crippen molar-refractivity contribution < 1.29 is 4.79 Å². The third-order valence-electron chi connectivity index (χ3n) is 5.06. The maximum Gasteiger partial charge on any atom is 0.256 e. The zero-order valence-electron chi connectivity index (χ0n) is 15.3. The van der Waals surface area contributed by atoms with Crippen molar-refractivity contribution >= 4 is 28.1 Å². The number of amides is 1. The number of fused-ring (bicyclic) bond motifs is 1. The molecule has 1 amide bonds. The number of hydrogen-bond donors (Lipinski definition) is 0. The summed E-state index contributed by atoms with van der Waals surface area (Å²) in [4.78, 5) is 22.1. The van der Waals surface area contributed by atoms with E-state index in [9.17, 15) is 4.79 Å². The number of nitrogens with zero attached hydrogens (tertiary/aromatic N) is 4. The molecule has 0 radical (unpaired) electrons. The van der Waals surface area contributed by atoms with Crippen molar-refractivity contribution in [2.75, 3.05) is 26.2 Å². The number of benzene rings is 1. The second-order valence-corrected chi connectivity index (χ2v) is 8.01. The van der Waals surface area contributed by atoms with Gasteiger partial charge in [0.2, 0.25) is 0 Å². The van der Waals surface area contributed by atoms with Gasteiger partial charge in [-0.15, -0.1) is 11.3 Å². The lowest BCUT2D eigenvalue weighted by atomic mass is 10.1. The second kappa shape index (κ2) is 7.21. The maximum absolute atomic E-state index is 13.1. The molecule has 26 heavy (non-hydrogen) atoms. The van der Waals surface area contributed by atoms with Gasteiger partial charge in [-0.1, -0.05) is 18.2 Å². The largest absolute Gasteiger partial charge is 0.350 e. The van der Waals surface area contributed by atoms with Gasteiger partial charge >= 0.3 is 0 Å². The van der Waals surface area contributed by atoms with Crippen molar-refractivity contribution in [2.45, 2.75) is 19.9 Å². The molecule has 6 heteroatoms. The molecule has 0 saturated carbocycles. The summed E-state index contributed by atoms with van der Waals surface area (Å²) in [6.07, 6.45) is 2.97. The van der Waals surface area contributed by atoms with Gasteiger partial charge in [-0.3, -0.25) is 9.69 Å². The standard InChI is InChI=1S/C20H24N4OS/c1-15-21-16(14-26-15)12-23-8-5-9-24(11-10-23)20(25)18-13-22(2)19-7-4-3-6-17(18)19/h3-4,6-7,13-14H,5,8-12H2,1-2H3. The molecule has 0 N–H and O–H groups in total. The summed E-state index contributed by atoms with van der Waals surface area (Å²) in [6.45, 7) is 6.41. The first kappa shape index (κ1) is 17.2. The summed E-state index contributed by atoms with van der Waals surface area (Å²) in [5.74, 6) is 0.146. The van der Waals surface area contributed by atoms with E-state index in [1.807, 2.05) is 47.8 Å². The summed E-state index contributed by atoms with van der Waals surface area (Å²) < 4.78 is 2.04. The van der Waals surface area contributed by atoms with Gasteiger partial charge in [-0.25, -0.2) is 4.98 Å². The van der Waals surface area contributed by atoms with Crippen LogP contribution in [0.4, 0.5) is 0 Å². The lowest BCUT2D eigenvalue weighted by Gasteiger charge is -2.21. The number of aryl methyl sites for hydroxylation is 2. The molecule has 0 spiro atoms. The highest BCUT2D eigenvalue weighted by Gasteiger charge is 2.23. The van der Waals surface area contributed by atoms with Crippen LogP contribution >= 0.6 is 11.3 Å². The van der Waals surface area contributed by atoms with Gasteiger partial charge < -0.3 is 9.47 Å². The smallest absolute Gasteiger partial charge is 0.256 e. The Balaban J connectivity index is 1.47. The van der Waals surface area contributed by atoms with Gasteiger partial charge in [0, 0.05) is 62.3 Å². The van der Waals surface area contributed by atoms with E-state index in [0.717, 1.165) is 66.3 Å². The first-order valence-corrected chi connectivity index (χ1v) is 9.96. The van der Waals surface area contributed by atoms with Crippen LogP contribution < -0.4 is 0 Å². The number of carbonyl (C=O) groups is 1. The highest BCUT2D eigenvalue weighted by molar-refractivity contribution is 7.09. The fourth-order valence-corrected chi connectivity index (χ4v) is 4.33. The Morgan fingerprint density at radius 3 is 2.85 bits per heavy atom. The minimum atomic E-state index is 0.146. The SMILES string of the molecule is Cc1nc(CN2CCCN(C(=O)c3cn(C)c4ccccc34)CC2)cs1. The summed E-state index contributed by atoms with van der Waals surface area (Å²) in [5.41, 5.74) is 3.05. The van der Waals surface area contributed by atoms with Gasteiger partial charge in [0.15, 0.2) is 0 Å². The quantitative estimate of drug-likeness (QED) is 0.712. The van der Waals surface area contributed by atoms with Crippen LogP contribution in [-0.4, -0.2) is 51.4 Å². The average Bonchev–Trinajstić information content (AvgIpc) is 3.10. The van der Waals surface area contributed by atoms with E-state index in [4.69, 9.17) is 0 Å². The van der Waals surface area contributed by atoms with E-state index >= 15 is 0 Å². The van der Waals surface area contributed by atoms with Crippen molar-refractivity contribution in [1.29, 1.82) is 0 Å². The Bertz CT molecular complexity index is 929. The molecule has 0 aliphatic carbocycles.